The van der Waals surface area contributed by atoms with Gasteiger partial charge in [-0.05, 0) is 24.0 Å². The van der Waals surface area contributed by atoms with Crippen LogP contribution in [-0.2, 0) is 16.0 Å². The first kappa shape index (κ1) is 23.1. The van der Waals surface area contributed by atoms with Gasteiger partial charge in [0, 0.05) is 30.4 Å². The predicted molar refractivity (Wildman–Crippen MR) is 132 cm³/mol. The van der Waals surface area contributed by atoms with Crippen molar-refractivity contribution in [3.05, 3.63) is 96.8 Å². The van der Waals surface area contributed by atoms with Gasteiger partial charge in [-0.2, -0.15) is 0 Å². The molecule has 1 fully saturated rings. The Morgan fingerprint density at radius 2 is 1.56 bits per heavy atom. The van der Waals surface area contributed by atoms with Crippen LogP contribution in [0, 0.1) is 0 Å². The third kappa shape index (κ3) is 5.35. The number of ketones is 1. The summed E-state index contributed by atoms with van der Waals surface area (Å²) in [6.45, 7) is 0. The highest BCUT2D eigenvalue weighted by Gasteiger charge is 2.32. The molecule has 180 valence electrons. The summed E-state index contributed by atoms with van der Waals surface area (Å²) in [5.74, 6) is -1.67. The Balaban J connectivity index is 1.35. The van der Waals surface area contributed by atoms with Crippen molar-refractivity contribution in [3.8, 4) is 17.1 Å². The molecule has 2 heterocycles. The Hall–Kier alpha value is -4.66. The van der Waals surface area contributed by atoms with Crippen molar-refractivity contribution in [2.45, 2.75) is 31.3 Å². The van der Waals surface area contributed by atoms with E-state index in [1.54, 1.807) is 12.4 Å². The Bertz CT molecular complexity index is 1370. The molecule has 2 N–H and O–H groups in total. The lowest BCUT2D eigenvalue weighted by molar-refractivity contribution is -0.139. The third-order valence-electron chi connectivity index (χ3n) is 5.87. The number of hydrogen-bond donors (Lipinski definition) is 2. The molecule has 0 radical (unpaired) electrons. The number of hydrogen-bond acceptors (Lipinski definition) is 6. The van der Waals surface area contributed by atoms with E-state index in [0.29, 0.717) is 0 Å². The summed E-state index contributed by atoms with van der Waals surface area (Å²) in [4.78, 5) is 51.5. The zero-order valence-electron chi connectivity index (χ0n) is 19.4. The molecule has 1 atom stereocenters. The number of aromatic nitrogens is 4. The maximum absolute atomic E-state index is 13.2. The zero-order chi connectivity index (χ0) is 24.9. The largest absolute Gasteiger partial charge is 0.347 e. The number of nitrogens with one attached hydrogen (secondary N) is 2. The highest BCUT2D eigenvalue weighted by Crippen LogP contribution is 2.19. The van der Waals surface area contributed by atoms with Gasteiger partial charge in [0.1, 0.15) is 18.1 Å². The van der Waals surface area contributed by atoms with E-state index in [1.807, 2.05) is 60.7 Å². The summed E-state index contributed by atoms with van der Waals surface area (Å²) in [6, 6.07) is 17.9. The maximum Gasteiger partial charge on any atom is 0.289 e. The predicted octanol–water partition coefficient (Wildman–Crippen LogP) is 2.52. The van der Waals surface area contributed by atoms with E-state index in [9.17, 15) is 14.4 Å². The van der Waals surface area contributed by atoms with Gasteiger partial charge in [0.2, 0.25) is 11.7 Å². The van der Waals surface area contributed by atoms with Crippen LogP contribution in [0.5, 0.6) is 0 Å². The maximum atomic E-state index is 13.2. The van der Waals surface area contributed by atoms with Gasteiger partial charge in [-0.1, -0.05) is 60.7 Å². The van der Waals surface area contributed by atoms with Crippen LogP contribution < -0.4 is 10.6 Å². The zero-order valence-corrected chi connectivity index (χ0v) is 19.4. The van der Waals surface area contributed by atoms with Crippen molar-refractivity contribution in [2.75, 3.05) is 0 Å². The minimum Gasteiger partial charge on any atom is -0.347 e. The van der Waals surface area contributed by atoms with Crippen LogP contribution in [0.25, 0.3) is 17.1 Å². The van der Waals surface area contributed by atoms with Gasteiger partial charge in [-0.25, -0.2) is 15.0 Å². The minimum atomic E-state index is -1.04. The fraction of sp³-hybridized carbons (Fsp3) is 0.185. The van der Waals surface area contributed by atoms with Crippen LogP contribution >= 0.6 is 0 Å². The Labute approximate surface area is 207 Å². The van der Waals surface area contributed by atoms with E-state index in [-0.39, 0.29) is 24.1 Å². The van der Waals surface area contributed by atoms with Crippen molar-refractivity contribution >= 4 is 17.6 Å². The normalized spacial score (nSPS) is 13.6. The average molecular weight is 481 g/mol. The first-order valence-corrected chi connectivity index (χ1v) is 11.7. The van der Waals surface area contributed by atoms with Gasteiger partial charge >= 0.3 is 0 Å². The van der Waals surface area contributed by atoms with Crippen molar-refractivity contribution in [2.24, 2.45) is 0 Å². The van der Waals surface area contributed by atoms with E-state index in [0.717, 1.165) is 29.5 Å². The number of Topliss-reactive ketones (excluding diaryl/α,β-unsaturated/α-hetero) is 1. The molecule has 36 heavy (non-hydrogen) atoms. The summed E-state index contributed by atoms with van der Waals surface area (Å²) in [5.41, 5.74) is 2.78. The fourth-order valence-corrected chi connectivity index (χ4v) is 3.78. The molecule has 1 saturated carbocycles. The van der Waals surface area contributed by atoms with Gasteiger partial charge in [0.25, 0.3) is 11.8 Å². The monoisotopic (exact) mass is 480 g/mol. The first-order valence-electron chi connectivity index (χ1n) is 11.7. The number of nitrogens with zero attached hydrogens (tertiary/aromatic N) is 4. The van der Waals surface area contributed by atoms with Gasteiger partial charge in [0.15, 0.2) is 0 Å². The highest BCUT2D eigenvalue weighted by atomic mass is 16.2. The van der Waals surface area contributed by atoms with Gasteiger partial charge in [-0.3, -0.25) is 19.0 Å². The van der Waals surface area contributed by atoms with Crippen molar-refractivity contribution < 1.29 is 14.4 Å². The van der Waals surface area contributed by atoms with Gasteiger partial charge in [-0.15, -0.1) is 0 Å². The van der Waals surface area contributed by atoms with Crippen LogP contribution in [0.1, 0.15) is 28.9 Å². The number of carbonyl (C=O) groups is 3. The SMILES string of the molecule is O=C(NC1CC1)C(=O)C(Cc1ccccc1)NC(=O)c1cncn1-c1ncc(-c2ccccc2)cn1. The summed E-state index contributed by atoms with van der Waals surface area (Å²) >= 11 is 0. The average Bonchev–Trinajstić information content (AvgIpc) is 3.59. The van der Waals surface area contributed by atoms with E-state index < -0.39 is 23.6 Å². The summed E-state index contributed by atoms with van der Waals surface area (Å²) < 4.78 is 1.44. The molecule has 2 aromatic heterocycles. The lowest BCUT2D eigenvalue weighted by atomic mass is 10.0. The van der Waals surface area contributed by atoms with Crippen molar-refractivity contribution in [1.82, 2.24) is 30.2 Å². The molecule has 0 aliphatic heterocycles. The molecule has 2 aromatic carbocycles. The number of imidazole rings is 1. The summed E-state index contributed by atoms with van der Waals surface area (Å²) in [7, 11) is 0. The van der Waals surface area contributed by atoms with E-state index in [4.69, 9.17) is 0 Å². The van der Waals surface area contributed by atoms with Crippen molar-refractivity contribution in [3.63, 3.8) is 0 Å². The minimum absolute atomic E-state index is 0.0342. The van der Waals surface area contributed by atoms with Crippen molar-refractivity contribution in [1.29, 1.82) is 0 Å². The Kier molecular flexibility index (Phi) is 6.61. The standard InChI is InChI=1S/C27H24N6O3/c34-24(26(36)31-21-11-12-21)22(13-18-7-3-1-4-8-18)32-25(35)23-16-28-17-33(23)27-29-14-20(15-30-27)19-9-5-2-6-10-19/h1-10,14-17,21-22H,11-13H2,(H,31,36)(H,32,35). The topological polar surface area (TPSA) is 119 Å². The molecule has 1 aliphatic carbocycles. The molecule has 5 rings (SSSR count). The summed E-state index contributed by atoms with van der Waals surface area (Å²) in [6.07, 6.45) is 8.04. The Morgan fingerprint density at radius 1 is 0.889 bits per heavy atom. The van der Waals surface area contributed by atoms with Crippen LogP contribution in [0.2, 0.25) is 0 Å². The van der Waals surface area contributed by atoms with E-state index in [1.165, 1.54) is 17.1 Å². The molecular formula is C27H24N6O3. The smallest absolute Gasteiger partial charge is 0.289 e. The summed E-state index contributed by atoms with van der Waals surface area (Å²) in [5, 5.41) is 5.43. The second-order valence-corrected chi connectivity index (χ2v) is 8.61. The molecule has 0 spiro atoms. The molecule has 0 saturated heterocycles. The number of carbonyl (C=O) groups excluding carboxylic acids is 3. The number of benzene rings is 2. The van der Waals surface area contributed by atoms with Crippen LogP contribution in [0.15, 0.2) is 85.6 Å². The molecule has 1 aliphatic rings. The van der Waals surface area contributed by atoms with Crippen LogP contribution in [0.3, 0.4) is 0 Å². The molecular weight excluding hydrogens is 456 g/mol. The molecule has 1 unspecified atom stereocenters. The van der Waals surface area contributed by atoms with E-state index >= 15 is 0 Å². The fourth-order valence-electron chi connectivity index (χ4n) is 3.78. The van der Waals surface area contributed by atoms with E-state index in [2.05, 4.69) is 25.6 Å². The second-order valence-electron chi connectivity index (χ2n) is 8.61. The quantitative estimate of drug-likeness (QED) is 0.356. The third-order valence-corrected chi connectivity index (χ3v) is 5.87. The second kappa shape index (κ2) is 10.3. The van der Waals surface area contributed by atoms with Crippen LogP contribution in [0.4, 0.5) is 0 Å². The molecule has 0 bridgehead atoms. The first-order chi connectivity index (χ1) is 17.6. The highest BCUT2D eigenvalue weighted by molar-refractivity contribution is 6.38. The lowest BCUT2D eigenvalue weighted by Gasteiger charge is -2.18. The Morgan fingerprint density at radius 3 is 2.22 bits per heavy atom. The molecule has 9 heteroatoms. The molecule has 4 aromatic rings. The van der Waals surface area contributed by atoms with Gasteiger partial charge < -0.3 is 10.6 Å². The number of amides is 2. The van der Waals surface area contributed by atoms with Gasteiger partial charge in [0.05, 0.1) is 6.20 Å². The number of rotatable bonds is 9. The lowest BCUT2D eigenvalue weighted by Crippen LogP contribution is -2.49. The van der Waals surface area contributed by atoms with Crippen LogP contribution in [-0.4, -0.2) is 49.2 Å². The molecule has 2 amide bonds. The molecule has 9 nitrogen and oxygen atoms in total.